The van der Waals surface area contributed by atoms with Crippen LogP contribution in [0.15, 0.2) is 24.3 Å². The van der Waals surface area contributed by atoms with Crippen LogP contribution in [0.4, 0.5) is 5.69 Å². The average Bonchev–Trinajstić information content (AvgIpc) is 2.65. The zero-order valence-electron chi connectivity index (χ0n) is 16.3. The lowest BCUT2D eigenvalue weighted by atomic mass is 9.78. The van der Waals surface area contributed by atoms with E-state index in [1.807, 2.05) is 25.1 Å². The molecule has 0 spiro atoms. The molecule has 4 atom stereocenters. The van der Waals surface area contributed by atoms with Crippen LogP contribution in [0.2, 0.25) is 0 Å². The molecule has 1 aromatic rings. The summed E-state index contributed by atoms with van der Waals surface area (Å²) < 4.78 is 0. The molecule has 5 nitrogen and oxygen atoms in total. The third-order valence-corrected chi connectivity index (χ3v) is 6.50. The minimum atomic E-state index is -0.106. The molecule has 5 heteroatoms. The summed E-state index contributed by atoms with van der Waals surface area (Å²) in [6.07, 6.45) is 3.59. The molecule has 144 valence electrons. The topological polar surface area (TPSA) is 55.8 Å². The number of nitrogens with one attached hydrogen (secondary N) is 1. The molecule has 1 aliphatic carbocycles. The molecule has 2 fully saturated rings. The third kappa shape index (κ3) is 4.14. The van der Waals surface area contributed by atoms with E-state index < -0.39 is 0 Å². The van der Waals surface area contributed by atoms with Gasteiger partial charge in [-0.1, -0.05) is 38.8 Å². The molecule has 1 heterocycles. The van der Waals surface area contributed by atoms with Crippen molar-refractivity contribution in [2.45, 2.75) is 52.1 Å². The normalized spacial score (nSPS) is 28.6. The Hall–Kier alpha value is -1.75. The number of rotatable bonds is 4. The Morgan fingerprint density at radius 2 is 1.85 bits per heavy atom. The number of piperazine rings is 1. The fourth-order valence-electron chi connectivity index (χ4n) is 4.34. The first-order valence-electron chi connectivity index (χ1n) is 10.0. The van der Waals surface area contributed by atoms with E-state index in [-0.39, 0.29) is 11.9 Å². The minimum absolute atomic E-state index is 0.106. The molecular weight excluding hydrogens is 326 g/mol. The van der Waals surface area contributed by atoms with Crippen LogP contribution in [0, 0.1) is 11.8 Å². The summed E-state index contributed by atoms with van der Waals surface area (Å²) >= 11 is 0. The van der Waals surface area contributed by atoms with E-state index in [0.29, 0.717) is 23.6 Å². The monoisotopic (exact) mass is 359 g/mol. The Morgan fingerprint density at radius 3 is 2.54 bits per heavy atom. The predicted octanol–water partition coefficient (Wildman–Crippen LogP) is 2.84. The Labute approximate surface area is 157 Å². The van der Waals surface area contributed by atoms with Crippen molar-refractivity contribution in [2.75, 3.05) is 31.1 Å². The first-order chi connectivity index (χ1) is 12.5. The van der Waals surface area contributed by atoms with Crippen molar-refractivity contribution in [1.82, 2.24) is 10.2 Å². The highest BCUT2D eigenvalue weighted by Crippen LogP contribution is 2.30. The van der Waals surface area contributed by atoms with Gasteiger partial charge in [-0.15, -0.1) is 0 Å². The van der Waals surface area contributed by atoms with Gasteiger partial charge in [0.25, 0.3) is 0 Å². The number of para-hydroxylation sites is 2. The number of benzene rings is 1. The number of phenols is 1. The number of carbonyl (C=O) groups is 1. The van der Waals surface area contributed by atoms with Crippen LogP contribution in [0.25, 0.3) is 0 Å². The van der Waals surface area contributed by atoms with Crippen molar-refractivity contribution in [2.24, 2.45) is 11.8 Å². The summed E-state index contributed by atoms with van der Waals surface area (Å²) in [5, 5.41) is 13.3. The number of anilines is 1. The quantitative estimate of drug-likeness (QED) is 0.868. The zero-order chi connectivity index (χ0) is 18.7. The van der Waals surface area contributed by atoms with E-state index in [1.165, 1.54) is 12.8 Å². The Morgan fingerprint density at radius 1 is 1.15 bits per heavy atom. The van der Waals surface area contributed by atoms with Gasteiger partial charge >= 0.3 is 0 Å². The number of hydrogen-bond donors (Lipinski definition) is 2. The van der Waals surface area contributed by atoms with Crippen LogP contribution in [0.1, 0.15) is 40.0 Å². The lowest BCUT2D eigenvalue weighted by Crippen LogP contribution is -2.56. The highest BCUT2D eigenvalue weighted by molar-refractivity contribution is 5.81. The van der Waals surface area contributed by atoms with Gasteiger partial charge in [-0.2, -0.15) is 0 Å². The maximum atomic E-state index is 12.8. The van der Waals surface area contributed by atoms with Crippen LogP contribution < -0.4 is 10.2 Å². The molecular formula is C21H33N3O2. The van der Waals surface area contributed by atoms with Crippen molar-refractivity contribution in [3.63, 3.8) is 0 Å². The summed E-state index contributed by atoms with van der Waals surface area (Å²) in [5.74, 6) is 1.73. The van der Waals surface area contributed by atoms with Crippen LogP contribution in [0.5, 0.6) is 5.75 Å². The number of phenolic OH excluding ortho intramolecular Hbond substituents is 1. The molecule has 26 heavy (non-hydrogen) atoms. The molecule has 0 unspecified atom stereocenters. The lowest BCUT2D eigenvalue weighted by molar-refractivity contribution is -0.127. The standard InChI is InChI=1S/C21H33N3O2/c1-15-7-6-8-18(16(15)2)22-21(26)17(3)23-11-13-24(14-12-23)19-9-4-5-10-20(19)25/h4-5,9-10,15-18,25H,6-8,11-14H2,1-3H3,(H,22,26)/t15-,16+,17+,18-/m0/s1. The predicted molar refractivity (Wildman–Crippen MR) is 105 cm³/mol. The SMILES string of the molecule is C[C@H]1[C@@H](NC(=O)[C@@H](C)N2CCN(c3ccccc3O)CC2)CCC[C@@H]1C. The maximum Gasteiger partial charge on any atom is 0.237 e. The van der Waals surface area contributed by atoms with E-state index in [2.05, 4.69) is 29.0 Å². The van der Waals surface area contributed by atoms with Crippen molar-refractivity contribution >= 4 is 11.6 Å². The zero-order valence-corrected chi connectivity index (χ0v) is 16.3. The van der Waals surface area contributed by atoms with Crippen LogP contribution >= 0.6 is 0 Å². The van der Waals surface area contributed by atoms with Crippen molar-refractivity contribution in [3.8, 4) is 5.75 Å². The smallest absolute Gasteiger partial charge is 0.237 e. The molecule has 3 rings (SSSR count). The first-order valence-corrected chi connectivity index (χ1v) is 10.0. The van der Waals surface area contributed by atoms with Gasteiger partial charge < -0.3 is 15.3 Å². The van der Waals surface area contributed by atoms with Crippen LogP contribution in [-0.2, 0) is 4.79 Å². The molecule has 0 radical (unpaired) electrons. The van der Waals surface area contributed by atoms with E-state index >= 15 is 0 Å². The number of aromatic hydroxyl groups is 1. The number of amides is 1. The molecule has 2 N–H and O–H groups in total. The van der Waals surface area contributed by atoms with Gasteiger partial charge in [0.15, 0.2) is 0 Å². The third-order valence-electron chi connectivity index (χ3n) is 6.50. The number of nitrogens with zero attached hydrogens (tertiary/aromatic N) is 2. The molecule has 0 bridgehead atoms. The van der Waals surface area contributed by atoms with E-state index in [0.717, 1.165) is 38.3 Å². The summed E-state index contributed by atoms with van der Waals surface area (Å²) in [7, 11) is 0. The van der Waals surface area contributed by atoms with Gasteiger partial charge in [0.2, 0.25) is 5.91 Å². The molecule has 1 saturated carbocycles. The minimum Gasteiger partial charge on any atom is -0.506 e. The number of hydrogen-bond acceptors (Lipinski definition) is 4. The van der Waals surface area contributed by atoms with E-state index in [1.54, 1.807) is 6.07 Å². The van der Waals surface area contributed by atoms with Crippen LogP contribution in [-0.4, -0.2) is 54.2 Å². The Bertz CT molecular complexity index is 613. The first kappa shape index (κ1) is 19.0. The van der Waals surface area contributed by atoms with Crippen molar-refractivity contribution in [3.05, 3.63) is 24.3 Å². The molecule has 1 amide bonds. The molecule has 0 aromatic heterocycles. The van der Waals surface area contributed by atoms with Crippen molar-refractivity contribution < 1.29 is 9.90 Å². The Kier molecular flexibility index (Phi) is 6.07. The number of carbonyl (C=O) groups excluding carboxylic acids is 1. The highest BCUT2D eigenvalue weighted by Gasteiger charge is 2.31. The second-order valence-electron chi connectivity index (χ2n) is 8.07. The molecule has 1 aromatic carbocycles. The van der Waals surface area contributed by atoms with E-state index in [4.69, 9.17) is 0 Å². The van der Waals surface area contributed by atoms with Gasteiger partial charge in [0, 0.05) is 32.2 Å². The summed E-state index contributed by atoms with van der Waals surface area (Å²) in [6.45, 7) is 9.90. The Balaban J connectivity index is 1.52. The largest absolute Gasteiger partial charge is 0.506 e. The van der Waals surface area contributed by atoms with Crippen LogP contribution in [0.3, 0.4) is 0 Å². The molecule has 2 aliphatic rings. The molecule has 1 saturated heterocycles. The second-order valence-corrected chi connectivity index (χ2v) is 8.07. The highest BCUT2D eigenvalue weighted by atomic mass is 16.3. The lowest BCUT2D eigenvalue weighted by Gasteiger charge is -2.40. The maximum absolute atomic E-state index is 12.8. The van der Waals surface area contributed by atoms with Crippen molar-refractivity contribution in [1.29, 1.82) is 0 Å². The van der Waals surface area contributed by atoms with Gasteiger partial charge in [0.1, 0.15) is 5.75 Å². The van der Waals surface area contributed by atoms with E-state index in [9.17, 15) is 9.90 Å². The summed E-state index contributed by atoms with van der Waals surface area (Å²) in [6, 6.07) is 7.68. The fraction of sp³-hybridized carbons (Fsp3) is 0.667. The van der Waals surface area contributed by atoms with Gasteiger partial charge in [-0.25, -0.2) is 0 Å². The van der Waals surface area contributed by atoms with Gasteiger partial charge in [-0.05, 0) is 37.3 Å². The molecule has 1 aliphatic heterocycles. The fourth-order valence-corrected chi connectivity index (χ4v) is 4.34. The van der Waals surface area contributed by atoms with Gasteiger partial charge in [0.05, 0.1) is 11.7 Å². The van der Waals surface area contributed by atoms with Gasteiger partial charge in [-0.3, -0.25) is 9.69 Å². The summed E-state index contributed by atoms with van der Waals surface area (Å²) in [5.41, 5.74) is 0.884. The second kappa shape index (κ2) is 8.30. The average molecular weight is 360 g/mol. The summed E-state index contributed by atoms with van der Waals surface area (Å²) in [4.78, 5) is 17.2.